The van der Waals surface area contributed by atoms with Crippen LogP contribution in [-0.2, 0) is 16.0 Å². The molecule has 0 aliphatic heterocycles. The summed E-state index contributed by atoms with van der Waals surface area (Å²) in [7, 11) is 0. The Hall–Kier alpha value is -1.98. The molecule has 2 aliphatic carbocycles. The fourth-order valence-electron chi connectivity index (χ4n) is 3.83. The predicted molar refractivity (Wildman–Crippen MR) is 74.2 cm³/mol. The van der Waals surface area contributed by atoms with Crippen molar-refractivity contribution >= 4 is 11.9 Å². The van der Waals surface area contributed by atoms with Crippen molar-refractivity contribution in [2.45, 2.75) is 38.1 Å². The molecule has 1 amide bonds. The van der Waals surface area contributed by atoms with E-state index in [-0.39, 0.29) is 17.9 Å². The second-order valence-corrected chi connectivity index (χ2v) is 6.04. The van der Waals surface area contributed by atoms with Gasteiger partial charge in [0.05, 0.1) is 5.92 Å². The largest absolute Gasteiger partial charge is 0.481 e. The number of hydrogen-bond donors (Lipinski definition) is 2. The number of nitrogens with one attached hydrogen (secondary N) is 1. The lowest BCUT2D eigenvalue weighted by Gasteiger charge is -2.28. The Morgan fingerprint density at radius 2 is 1.95 bits per heavy atom. The van der Waals surface area contributed by atoms with Crippen molar-refractivity contribution in [2.75, 3.05) is 0 Å². The van der Waals surface area contributed by atoms with Gasteiger partial charge in [-0.05, 0) is 43.1 Å². The summed E-state index contributed by atoms with van der Waals surface area (Å²) in [6.45, 7) is 0. The van der Waals surface area contributed by atoms with Crippen molar-refractivity contribution in [2.24, 2.45) is 17.8 Å². The first-order valence-corrected chi connectivity index (χ1v) is 7.41. The molecule has 21 heavy (non-hydrogen) atoms. The molecule has 1 aromatic heterocycles. The summed E-state index contributed by atoms with van der Waals surface area (Å²) in [5.74, 6) is -0.695. The highest BCUT2D eigenvalue weighted by molar-refractivity contribution is 5.79. The van der Waals surface area contributed by atoms with E-state index in [2.05, 4.69) is 15.3 Å². The van der Waals surface area contributed by atoms with E-state index in [1.54, 1.807) is 12.4 Å². The first-order chi connectivity index (χ1) is 10.1. The first kappa shape index (κ1) is 14.0. The number of rotatable bonds is 5. The van der Waals surface area contributed by atoms with Gasteiger partial charge < -0.3 is 10.4 Å². The van der Waals surface area contributed by atoms with Gasteiger partial charge in [0.2, 0.25) is 5.91 Å². The van der Waals surface area contributed by atoms with Crippen LogP contribution in [0.15, 0.2) is 18.7 Å². The number of amides is 1. The van der Waals surface area contributed by atoms with Gasteiger partial charge in [-0.2, -0.15) is 0 Å². The Morgan fingerprint density at radius 3 is 2.67 bits per heavy atom. The van der Waals surface area contributed by atoms with Crippen molar-refractivity contribution in [3.05, 3.63) is 24.3 Å². The number of fused-ring (bicyclic) bond motifs is 2. The van der Waals surface area contributed by atoms with Crippen molar-refractivity contribution in [3.63, 3.8) is 0 Å². The quantitative estimate of drug-likeness (QED) is 0.844. The Labute approximate surface area is 123 Å². The first-order valence-electron chi connectivity index (χ1n) is 7.41. The average Bonchev–Trinajstić information content (AvgIpc) is 3.07. The minimum atomic E-state index is -0.774. The molecule has 4 atom stereocenters. The molecule has 2 N–H and O–H groups in total. The molecular weight excluding hydrogens is 270 g/mol. The summed E-state index contributed by atoms with van der Waals surface area (Å²) in [6, 6.07) is -0.194. The Bertz CT molecular complexity index is 534. The highest BCUT2D eigenvalue weighted by Crippen LogP contribution is 2.48. The number of carboxylic acids is 1. The minimum Gasteiger partial charge on any atom is -0.481 e. The molecule has 2 aliphatic rings. The van der Waals surface area contributed by atoms with Crippen LogP contribution in [0, 0.1) is 17.8 Å². The van der Waals surface area contributed by atoms with Crippen LogP contribution in [0.5, 0.6) is 0 Å². The van der Waals surface area contributed by atoms with Gasteiger partial charge in [0.25, 0.3) is 0 Å². The summed E-state index contributed by atoms with van der Waals surface area (Å²) in [5.41, 5.74) is 0.912. The van der Waals surface area contributed by atoms with Gasteiger partial charge >= 0.3 is 5.97 Å². The summed E-state index contributed by atoms with van der Waals surface area (Å²) in [4.78, 5) is 31.3. The maximum Gasteiger partial charge on any atom is 0.308 e. The van der Waals surface area contributed by atoms with Gasteiger partial charge in [-0.3, -0.25) is 9.59 Å². The molecule has 2 bridgehead atoms. The predicted octanol–water partition coefficient (Wildman–Crippen LogP) is 1.02. The van der Waals surface area contributed by atoms with Crippen LogP contribution >= 0.6 is 0 Å². The second kappa shape index (κ2) is 5.79. The van der Waals surface area contributed by atoms with E-state index in [1.165, 1.54) is 6.33 Å². The third-order valence-electron chi connectivity index (χ3n) is 4.78. The standard InChI is InChI=1S/C15H19N3O3/c19-12(4-1-9-6-16-8-17-7-9)18-14-11-3-2-10(5-11)13(14)15(20)21/h6-8,10-11,13-14H,1-5H2,(H,18,19)(H,20,21)/t10-,11+,13+,14-/m1/s1. The van der Waals surface area contributed by atoms with Crippen molar-refractivity contribution in [1.29, 1.82) is 0 Å². The van der Waals surface area contributed by atoms with Crippen LogP contribution in [-0.4, -0.2) is 33.0 Å². The lowest BCUT2D eigenvalue weighted by atomic mass is 9.84. The van der Waals surface area contributed by atoms with Crippen LogP contribution in [0.25, 0.3) is 0 Å². The highest BCUT2D eigenvalue weighted by atomic mass is 16.4. The summed E-state index contributed by atoms with van der Waals surface area (Å²) < 4.78 is 0. The van der Waals surface area contributed by atoms with Gasteiger partial charge in [0.1, 0.15) is 6.33 Å². The lowest BCUT2D eigenvalue weighted by Crippen LogP contribution is -2.46. The molecule has 1 aromatic rings. The molecule has 6 heteroatoms. The van der Waals surface area contributed by atoms with E-state index in [1.807, 2.05) is 0 Å². The summed E-state index contributed by atoms with van der Waals surface area (Å²) >= 11 is 0. The Kier molecular flexibility index (Phi) is 3.86. The normalized spacial score (nSPS) is 30.3. The molecule has 0 radical (unpaired) electrons. The number of hydrogen-bond acceptors (Lipinski definition) is 4. The Morgan fingerprint density at radius 1 is 1.24 bits per heavy atom. The smallest absolute Gasteiger partial charge is 0.308 e. The van der Waals surface area contributed by atoms with E-state index >= 15 is 0 Å². The number of nitrogens with zero attached hydrogens (tertiary/aromatic N) is 2. The van der Waals surface area contributed by atoms with Crippen LogP contribution < -0.4 is 5.32 Å². The molecular formula is C15H19N3O3. The zero-order valence-corrected chi connectivity index (χ0v) is 11.7. The van der Waals surface area contributed by atoms with Crippen LogP contribution in [0.2, 0.25) is 0 Å². The Balaban J connectivity index is 1.56. The van der Waals surface area contributed by atoms with Gasteiger partial charge in [0, 0.05) is 24.9 Å². The highest BCUT2D eigenvalue weighted by Gasteiger charge is 2.51. The fourth-order valence-corrected chi connectivity index (χ4v) is 3.83. The number of aromatic nitrogens is 2. The SMILES string of the molecule is O=C(CCc1cncnc1)N[C@@H]1[C@H]2CC[C@H](C2)[C@@H]1C(=O)O. The van der Waals surface area contributed by atoms with Gasteiger partial charge in [0.15, 0.2) is 0 Å². The van der Waals surface area contributed by atoms with Gasteiger partial charge in [-0.25, -0.2) is 9.97 Å². The van der Waals surface area contributed by atoms with E-state index in [0.717, 1.165) is 24.8 Å². The topological polar surface area (TPSA) is 92.2 Å². The van der Waals surface area contributed by atoms with E-state index < -0.39 is 11.9 Å². The monoisotopic (exact) mass is 289 g/mol. The zero-order valence-electron chi connectivity index (χ0n) is 11.7. The fraction of sp³-hybridized carbons (Fsp3) is 0.600. The number of carbonyl (C=O) groups is 2. The zero-order chi connectivity index (χ0) is 14.8. The minimum absolute atomic E-state index is 0.0809. The molecule has 0 saturated heterocycles. The number of carbonyl (C=O) groups excluding carboxylic acids is 1. The van der Waals surface area contributed by atoms with Crippen LogP contribution in [0.1, 0.15) is 31.2 Å². The molecule has 2 fully saturated rings. The maximum absolute atomic E-state index is 12.1. The molecule has 2 saturated carbocycles. The van der Waals surface area contributed by atoms with Gasteiger partial charge in [-0.1, -0.05) is 0 Å². The van der Waals surface area contributed by atoms with Crippen molar-refractivity contribution < 1.29 is 14.7 Å². The lowest BCUT2D eigenvalue weighted by molar-refractivity contribution is -0.144. The summed E-state index contributed by atoms with van der Waals surface area (Å²) in [5, 5.41) is 12.3. The number of aliphatic carboxylic acids is 1. The third kappa shape index (κ3) is 2.89. The average molecular weight is 289 g/mol. The number of aryl methyl sites for hydroxylation is 1. The molecule has 112 valence electrons. The third-order valence-corrected chi connectivity index (χ3v) is 4.78. The molecule has 0 unspecified atom stereocenters. The maximum atomic E-state index is 12.1. The summed E-state index contributed by atoms with van der Waals surface area (Å²) in [6.07, 6.45) is 8.71. The van der Waals surface area contributed by atoms with E-state index in [0.29, 0.717) is 18.8 Å². The number of carboxylic acid groups (broad SMARTS) is 1. The van der Waals surface area contributed by atoms with Crippen molar-refractivity contribution in [1.82, 2.24) is 15.3 Å². The molecule has 0 spiro atoms. The molecule has 6 nitrogen and oxygen atoms in total. The molecule has 1 heterocycles. The van der Waals surface area contributed by atoms with Crippen LogP contribution in [0.4, 0.5) is 0 Å². The van der Waals surface area contributed by atoms with E-state index in [4.69, 9.17) is 0 Å². The molecule has 3 rings (SSSR count). The van der Waals surface area contributed by atoms with Gasteiger partial charge in [-0.15, -0.1) is 0 Å². The molecule has 0 aromatic carbocycles. The van der Waals surface area contributed by atoms with Crippen LogP contribution in [0.3, 0.4) is 0 Å². The van der Waals surface area contributed by atoms with E-state index in [9.17, 15) is 14.7 Å². The van der Waals surface area contributed by atoms with Crippen molar-refractivity contribution in [3.8, 4) is 0 Å². The second-order valence-electron chi connectivity index (χ2n) is 6.04.